The first-order valence-corrected chi connectivity index (χ1v) is 0. The smallest absolute Gasteiger partial charge is 0.0776 e. The van der Waals surface area contributed by atoms with E-state index in [1.165, 1.54) is 0 Å². The van der Waals surface area contributed by atoms with Crippen LogP contribution >= 0.6 is 0 Å². The minimum atomic E-state index is 0. The van der Waals surface area contributed by atoms with Crippen molar-refractivity contribution in [2.45, 2.75) is 7.43 Å². The second kappa shape index (κ2) is 33.3. The first-order valence-electron chi connectivity index (χ1n) is 0. The van der Waals surface area contributed by atoms with Crippen LogP contribution in [-0.4, -0.2) is 52.1 Å². The molecule has 0 aromatic carbocycles. The minimum absolute atomic E-state index is 0. The topological polar surface area (TPSA) is 0 Å². The molecule has 0 aliphatic carbocycles. The van der Waals surface area contributed by atoms with Crippen molar-refractivity contribution in [3.8, 4) is 0 Å². The standard InChI is InChI=1S/CH4.3Al.Ti.9H/h1H4;;;;;;;;;;;;;. The molecule has 0 aliphatic rings. The van der Waals surface area contributed by atoms with Gasteiger partial charge in [0.2, 0.25) is 0 Å². The van der Waals surface area contributed by atoms with Gasteiger partial charge >= 0.3 is 0 Å². The van der Waals surface area contributed by atoms with E-state index in [-0.39, 0.29) is 81.2 Å². The van der Waals surface area contributed by atoms with Crippen LogP contribution in [0, 0.1) is 0 Å². The Morgan fingerprint density at radius 3 is 0.600 bits per heavy atom. The molecule has 0 aromatic heterocycles. The van der Waals surface area contributed by atoms with E-state index in [0.717, 1.165) is 0 Å². The van der Waals surface area contributed by atoms with Gasteiger partial charge in [-0.15, -0.1) is 0 Å². The largest absolute Gasteiger partial charge is 0.187 e. The van der Waals surface area contributed by atoms with E-state index in [1.54, 1.807) is 0 Å². The van der Waals surface area contributed by atoms with Crippen LogP contribution in [-0.2, 0) is 21.7 Å². The summed E-state index contributed by atoms with van der Waals surface area (Å²) in [5.41, 5.74) is 0. The van der Waals surface area contributed by atoms with Gasteiger partial charge in [0.15, 0.2) is 52.1 Å². The van der Waals surface area contributed by atoms with Crippen molar-refractivity contribution >= 4 is 52.1 Å². The molecule has 0 amide bonds. The molecular formula is CH13Al3Ti. The van der Waals surface area contributed by atoms with Crippen molar-refractivity contribution in [3.63, 3.8) is 0 Å². The maximum atomic E-state index is 0. The van der Waals surface area contributed by atoms with Gasteiger partial charge in [-0.3, -0.25) is 0 Å². The van der Waals surface area contributed by atoms with Crippen molar-refractivity contribution in [3.05, 3.63) is 0 Å². The molecule has 0 aliphatic heterocycles. The summed E-state index contributed by atoms with van der Waals surface area (Å²) in [5, 5.41) is 0. The third-order valence-electron chi connectivity index (χ3n) is 0. The van der Waals surface area contributed by atoms with E-state index in [4.69, 9.17) is 0 Å². The normalized spacial score (nSPS) is 0. The molecule has 0 nitrogen and oxygen atoms in total. The molecule has 0 rings (SSSR count). The Balaban J connectivity index is 0. The molecule has 0 atom stereocenters. The first-order chi connectivity index (χ1) is 0. The third-order valence-corrected chi connectivity index (χ3v) is 0. The number of rotatable bonds is 0. The van der Waals surface area contributed by atoms with Gasteiger partial charge in [-0.2, -0.15) is 0 Å². The van der Waals surface area contributed by atoms with Crippen LogP contribution < -0.4 is 0 Å². The third kappa shape index (κ3) is 22.0. The monoisotopic (exact) mass is 154 g/mol. The van der Waals surface area contributed by atoms with Gasteiger partial charge < -0.3 is 0 Å². The Morgan fingerprint density at radius 1 is 0.600 bits per heavy atom. The Kier molecular flexibility index (Phi) is 363. The van der Waals surface area contributed by atoms with Crippen LogP contribution in [0.5, 0.6) is 0 Å². The van der Waals surface area contributed by atoms with E-state index in [0.29, 0.717) is 0 Å². The van der Waals surface area contributed by atoms with Crippen LogP contribution in [0.4, 0.5) is 0 Å². The van der Waals surface area contributed by atoms with Gasteiger partial charge in [-0.05, 0) is 0 Å². The average Bonchev–Trinajstić information content (AvgIpc) is 0. The van der Waals surface area contributed by atoms with Gasteiger partial charge in [0.25, 0.3) is 0 Å². The summed E-state index contributed by atoms with van der Waals surface area (Å²) in [5.74, 6) is 0. The van der Waals surface area contributed by atoms with E-state index in [2.05, 4.69) is 0 Å². The van der Waals surface area contributed by atoms with Crippen molar-refractivity contribution < 1.29 is 21.7 Å². The second-order valence-electron chi connectivity index (χ2n) is 0. The Bertz CT molecular complexity index is 6.85. The molecule has 0 aromatic rings. The quantitative estimate of drug-likeness (QED) is 0.328. The summed E-state index contributed by atoms with van der Waals surface area (Å²) in [6.45, 7) is 0. The molecule has 0 radical (unpaired) electrons. The van der Waals surface area contributed by atoms with E-state index >= 15 is 0 Å². The first kappa shape index (κ1) is 54.5. The fourth-order valence-electron chi connectivity index (χ4n) is 0. The molecule has 0 saturated carbocycles. The maximum Gasteiger partial charge on any atom is 0.187 e. The van der Waals surface area contributed by atoms with Gasteiger partial charge in [0, 0.05) is 21.7 Å². The molecule has 0 N–H and O–H groups in total. The predicted molar refractivity (Wildman–Crippen MR) is 36.5 cm³/mol. The molecule has 5 heavy (non-hydrogen) atoms. The summed E-state index contributed by atoms with van der Waals surface area (Å²) < 4.78 is 0. The Hall–Kier alpha value is 2.31. The summed E-state index contributed by atoms with van der Waals surface area (Å²) in [6.07, 6.45) is 0. The molecule has 30 valence electrons. The number of hydrogen-bond donors (Lipinski definition) is 0. The Morgan fingerprint density at radius 2 is 0.600 bits per heavy atom. The molecule has 0 unspecified atom stereocenters. The zero-order valence-corrected chi connectivity index (χ0v) is 2.06. The minimum Gasteiger partial charge on any atom is -0.0776 e. The van der Waals surface area contributed by atoms with E-state index in [9.17, 15) is 0 Å². The Labute approximate surface area is 80.4 Å². The molecule has 0 fully saturated rings. The van der Waals surface area contributed by atoms with E-state index < -0.39 is 0 Å². The molecule has 0 spiro atoms. The van der Waals surface area contributed by atoms with Crippen molar-refractivity contribution in [1.29, 1.82) is 0 Å². The van der Waals surface area contributed by atoms with Crippen molar-refractivity contribution in [1.82, 2.24) is 0 Å². The zero-order chi connectivity index (χ0) is 0. The molecule has 0 saturated heterocycles. The fourth-order valence-corrected chi connectivity index (χ4v) is 0. The van der Waals surface area contributed by atoms with Crippen molar-refractivity contribution in [2.24, 2.45) is 0 Å². The van der Waals surface area contributed by atoms with Gasteiger partial charge in [0.1, 0.15) is 0 Å². The second-order valence-corrected chi connectivity index (χ2v) is 0. The number of hydrogen-bond acceptors (Lipinski definition) is 0. The van der Waals surface area contributed by atoms with Crippen molar-refractivity contribution in [2.75, 3.05) is 0 Å². The van der Waals surface area contributed by atoms with Crippen LogP contribution in [0.15, 0.2) is 0 Å². The summed E-state index contributed by atoms with van der Waals surface area (Å²) in [4.78, 5) is 0. The van der Waals surface area contributed by atoms with Gasteiger partial charge in [0.05, 0.1) is 0 Å². The zero-order valence-electron chi connectivity index (χ0n) is 0.500. The SMILES string of the molecule is C.[AlH3].[AlH3].[AlH3].[Ti]. The summed E-state index contributed by atoms with van der Waals surface area (Å²) in [7, 11) is 0. The van der Waals surface area contributed by atoms with Crippen LogP contribution in [0.3, 0.4) is 0 Å². The van der Waals surface area contributed by atoms with Gasteiger partial charge in [-0.1, -0.05) is 7.43 Å². The predicted octanol–water partition coefficient (Wildman–Crippen LogP) is -2.92. The summed E-state index contributed by atoms with van der Waals surface area (Å²) >= 11 is 0. The fraction of sp³-hybridized carbons (Fsp3) is 1.00. The summed E-state index contributed by atoms with van der Waals surface area (Å²) in [6, 6.07) is 0. The molecule has 0 heterocycles. The van der Waals surface area contributed by atoms with E-state index in [1.807, 2.05) is 0 Å². The van der Waals surface area contributed by atoms with Crippen LogP contribution in [0.2, 0.25) is 0 Å². The molecule has 4 heteroatoms. The van der Waals surface area contributed by atoms with Gasteiger partial charge in [-0.25, -0.2) is 0 Å². The van der Waals surface area contributed by atoms with Crippen LogP contribution in [0.1, 0.15) is 7.43 Å². The average molecular weight is 154 g/mol. The molecular weight excluding hydrogens is 141 g/mol. The maximum absolute atomic E-state index is 0. The van der Waals surface area contributed by atoms with Crippen LogP contribution in [0.25, 0.3) is 0 Å². The molecule has 0 bridgehead atoms.